The van der Waals surface area contributed by atoms with Gasteiger partial charge in [-0.3, -0.25) is 4.79 Å². The van der Waals surface area contributed by atoms with E-state index in [2.05, 4.69) is 6.07 Å². The van der Waals surface area contributed by atoms with Crippen LogP contribution in [0.3, 0.4) is 0 Å². The van der Waals surface area contributed by atoms with Crippen LogP contribution in [0.2, 0.25) is 0 Å². The van der Waals surface area contributed by atoms with Crippen molar-refractivity contribution in [2.75, 3.05) is 20.2 Å². The highest BCUT2D eigenvalue weighted by atomic mass is 16.5. The summed E-state index contributed by atoms with van der Waals surface area (Å²) in [6.07, 6.45) is 2.37. The van der Waals surface area contributed by atoms with Gasteiger partial charge in [0.15, 0.2) is 0 Å². The molecule has 0 aromatic heterocycles. The Morgan fingerprint density at radius 1 is 1.42 bits per heavy atom. The molecule has 1 aromatic rings. The molecule has 100 valence electrons. The highest BCUT2D eigenvalue weighted by Gasteiger charge is 2.24. The second-order valence-corrected chi connectivity index (χ2v) is 4.72. The van der Waals surface area contributed by atoms with Crippen LogP contribution in [-0.4, -0.2) is 31.0 Å². The molecular formula is C15H18N2O2. The number of nitriles is 1. The van der Waals surface area contributed by atoms with Crippen LogP contribution in [0.15, 0.2) is 24.3 Å². The van der Waals surface area contributed by atoms with E-state index in [1.54, 1.807) is 7.11 Å². The highest BCUT2D eigenvalue weighted by Crippen LogP contribution is 2.29. The third-order valence-electron chi connectivity index (χ3n) is 3.51. The number of likely N-dealkylation sites (tertiary alicyclic amines) is 1. The normalized spacial score (nSPS) is 15.9. The van der Waals surface area contributed by atoms with Crippen molar-refractivity contribution >= 4 is 5.91 Å². The van der Waals surface area contributed by atoms with E-state index in [4.69, 9.17) is 4.74 Å². The van der Waals surface area contributed by atoms with Crippen LogP contribution >= 0.6 is 0 Å². The van der Waals surface area contributed by atoms with Crippen molar-refractivity contribution in [3.8, 4) is 11.8 Å². The van der Waals surface area contributed by atoms with E-state index in [-0.39, 0.29) is 12.3 Å². The van der Waals surface area contributed by atoms with Gasteiger partial charge in [0, 0.05) is 25.1 Å². The van der Waals surface area contributed by atoms with E-state index in [0.29, 0.717) is 5.75 Å². The van der Waals surface area contributed by atoms with Crippen LogP contribution in [0, 0.1) is 11.3 Å². The number of carbonyl (C=O) groups excluding carboxylic acids is 1. The quantitative estimate of drug-likeness (QED) is 0.832. The van der Waals surface area contributed by atoms with E-state index in [9.17, 15) is 10.1 Å². The number of hydrogen-bond acceptors (Lipinski definition) is 3. The third-order valence-corrected chi connectivity index (χ3v) is 3.51. The zero-order valence-electron chi connectivity index (χ0n) is 11.1. The summed E-state index contributed by atoms with van der Waals surface area (Å²) in [5.74, 6) is 0.294. The Balaban J connectivity index is 2.11. The molecule has 1 saturated heterocycles. The van der Waals surface area contributed by atoms with Crippen LogP contribution in [0.5, 0.6) is 5.75 Å². The molecule has 1 atom stereocenters. The molecule has 0 saturated carbocycles. The number of benzene rings is 1. The Hall–Kier alpha value is -2.02. The van der Waals surface area contributed by atoms with Crippen LogP contribution < -0.4 is 4.74 Å². The van der Waals surface area contributed by atoms with E-state index >= 15 is 0 Å². The van der Waals surface area contributed by atoms with Gasteiger partial charge in [0.1, 0.15) is 5.75 Å². The third kappa shape index (κ3) is 3.05. The lowest BCUT2D eigenvalue weighted by Gasteiger charge is -2.18. The zero-order valence-corrected chi connectivity index (χ0v) is 11.1. The number of hydrogen-bond donors (Lipinski definition) is 0. The van der Waals surface area contributed by atoms with Gasteiger partial charge in [0.05, 0.1) is 19.1 Å². The van der Waals surface area contributed by atoms with E-state index in [1.165, 1.54) is 0 Å². The number of carbonyl (C=O) groups is 1. The second-order valence-electron chi connectivity index (χ2n) is 4.72. The minimum Gasteiger partial charge on any atom is -0.496 e. The van der Waals surface area contributed by atoms with Crippen molar-refractivity contribution in [1.29, 1.82) is 5.26 Å². The lowest BCUT2D eigenvalue weighted by molar-refractivity contribution is -0.130. The van der Waals surface area contributed by atoms with Crippen molar-refractivity contribution in [3.63, 3.8) is 0 Å². The van der Waals surface area contributed by atoms with Gasteiger partial charge in [-0.2, -0.15) is 5.26 Å². The molecule has 0 bridgehead atoms. The summed E-state index contributed by atoms with van der Waals surface area (Å²) < 4.78 is 5.26. The van der Waals surface area contributed by atoms with Gasteiger partial charge < -0.3 is 9.64 Å². The fourth-order valence-corrected chi connectivity index (χ4v) is 2.45. The summed E-state index contributed by atoms with van der Waals surface area (Å²) in [5.41, 5.74) is 0.792. The fraction of sp³-hybridized carbons (Fsp3) is 0.467. The number of methoxy groups -OCH3 is 1. The zero-order chi connectivity index (χ0) is 13.7. The van der Waals surface area contributed by atoms with Crippen molar-refractivity contribution in [2.24, 2.45) is 0 Å². The molecule has 0 spiro atoms. The largest absolute Gasteiger partial charge is 0.496 e. The second kappa shape index (κ2) is 6.24. The molecule has 2 rings (SSSR count). The van der Waals surface area contributed by atoms with Crippen molar-refractivity contribution < 1.29 is 9.53 Å². The predicted octanol–water partition coefficient (Wildman–Crippen LogP) is 2.31. The van der Waals surface area contributed by atoms with E-state index < -0.39 is 5.92 Å². The molecule has 0 aliphatic carbocycles. The first-order valence-electron chi connectivity index (χ1n) is 6.56. The van der Waals surface area contributed by atoms with Crippen LogP contribution in [0.1, 0.15) is 30.7 Å². The highest BCUT2D eigenvalue weighted by molar-refractivity contribution is 5.78. The maximum absolute atomic E-state index is 12.1. The minimum absolute atomic E-state index is 0.0648. The van der Waals surface area contributed by atoms with Crippen LogP contribution in [0.25, 0.3) is 0 Å². The first-order valence-corrected chi connectivity index (χ1v) is 6.56. The summed E-state index contributed by atoms with van der Waals surface area (Å²) >= 11 is 0. The van der Waals surface area contributed by atoms with Gasteiger partial charge in [-0.25, -0.2) is 0 Å². The standard InChI is InChI=1S/C15H18N2O2/c1-19-14-7-3-2-6-13(14)12(11-16)10-15(18)17-8-4-5-9-17/h2-3,6-7,12H,4-5,8-10H2,1H3. The summed E-state index contributed by atoms with van der Waals surface area (Å²) in [7, 11) is 1.58. The molecule has 1 fully saturated rings. The molecule has 1 heterocycles. The Morgan fingerprint density at radius 2 is 2.11 bits per heavy atom. The van der Waals surface area contributed by atoms with Gasteiger partial charge >= 0.3 is 0 Å². The Kier molecular flexibility index (Phi) is 4.40. The van der Waals surface area contributed by atoms with Gasteiger partial charge in [0.25, 0.3) is 0 Å². The molecule has 1 aromatic carbocycles. The average Bonchev–Trinajstić information content (AvgIpc) is 2.98. The first-order chi connectivity index (χ1) is 9.26. The van der Waals surface area contributed by atoms with E-state index in [1.807, 2.05) is 29.2 Å². The molecule has 4 nitrogen and oxygen atoms in total. The monoisotopic (exact) mass is 258 g/mol. The maximum atomic E-state index is 12.1. The van der Waals surface area contributed by atoms with Gasteiger partial charge in [0.2, 0.25) is 5.91 Å². The fourth-order valence-electron chi connectivity index (χ4n) is 2.45. The minimum atomic E-state index is -0.441. The molecule has 1 amide bonds. The molecule has 0 N–H and O–H groups in total. The molecular weight excluding hydrogens is 240 g/mol. The Labute approximate surface area is 113 Å². The topological polar surface area (TPSA) is 53.3 Å². The molecule has 1 aliphatic heterocycles. The van der Waals surface area contributed by atoms with Crippen molar-refractivity contribution in [1.82, 2.24) is 4.90 Å². The van der Waals surface area contributed by atoms with Crippen molar-refractivity contribution in [2.45, 2.75) is 25.2 Å². The van der Waals surface area contributed by atoms with Gasteiger partial charge in [-0.15, -0.1) is 0 Å². The number of ether oxygens (including phenoxy) is 1. The lowest BCUT2D eigenvalue weighted by Crippen LogP contribution is -2.28. The smallest absolute Gasteiger partial charge is 0.224 e. The van der Waals surface area contributed by atoms with Crippen LogP contribution in [0.4, 0.5) is 0 Å². The first kappa shape index (κ1) is 13.4. The molecule has 0 radical (unpaired) electrons. The number of nitrogens with zero attached hydrogens (tertiary/aromatic N) is 2. The Bertz CT molecular complexity index is 487. The van der Waals surface area contributed by atoms with Crippen LogP contribution in [-0.2, 0) is 4.79 Å². The number of amides is 1. The summed E-state index contributed by atoms with van der Waals surface area (Å²) in [4.78, 5) is 14.0. The summed E-state index contributed by atoms with van der Waals surface area (Å²) in [5, 5.41) is 9.31. The van der Waals surface area contributed by atoms with Crippen molar-refractivity contribution in [3.05, 3.63) is 29.8 Å². The molecule has 19 heavy (non-hydrogen) atoms. The SMILES string of the molecule is COc1ccccc1C(C#N)CC(=O)N1CCCC1. The number of para-hydroxylation sites is 1. The van der Waals surface area contributed by atoms with Gasteiger partial charge in [-0.05, 0) is 18.9 Å². The summed E-state index contributed by atoms with van der Waals surface area (Å²) in [6.45, 7) is 1.64. The molecule has 4 heteroatoms. The number of rotatable bonds is 4. The Morgan fingerprint density at radius 3 is 2.74 bits per heavy atom. The maximum Gasteiger partial charge on any atom is 0.224 e. The molecule has 1 unspecified atom stereocenters. The lowest BCUT2D eigenvalue weighted by atomic mass is 9.95. The molecule has 1 aliphatic rings. The van der Waals surface area contributed by atoms with E-state index in [0.717, 1.165) is 31.5 Å². The average molecular weight is 258 g/mol. The van der Waals surface area contributed by atoms with Gasteiger partial charge in [-0.1, -0.05) is 18.2 Å². The summed E-state index contributed by atoms with van der Waals surface area (Å²) in [6, 6.07) is 9.61. The predicted molar refractivity (Wildman–Crippen MR) is 71.8 cm³/mol.